The average Bonchev–Trinajstić information content (AvgIpc) is 3.04. The second-order valence-electron chi connectivity index (χ2n) is 11.7. The van der Waals surface area contributed by atoms with Crippen LogP contribution in [-0.4, -0.2) is 66.0 Å². The number of nitrogens with one attached hydrogen (secondary N) is 1. The highest BCUT2D eigenvalue weighted by molar-refractivity contribution is 5.92. The highest BCUT2D eigenvalue weighted by Crippen LogP contribution is 2.29. The molecule has 1 aromatic carbocycles. The second-order valence-corrected chi connectivity index (χ2v) is 11.7. The summed E-state index contributed by atoms with van der Waals surface area (Å²) in [5.74, 6) is -1.95. The lowest BCUT2D eigenvalue weighted by atomic mass is 9.83. The summed E-state index contributed by atoms with van der Waals surface area (Å²) in [6, 6.07) is 5.46. The van der Waals surface area contributed by atoms with Gasteiger partial charge in [-0.3, -0.25) is 9.18 Å². The summed E-state index contributed by atoms with van der Waals surface area (Å²) in [6.45, 7) is 2.77. The number of carbonyl (C=O) groups is 3. The fourth-order valence-corrected chi connectivity index (χ4v) is 5.09. The van der Waals surface area contributed by atoms with Gasteiger partial charge >= 0.3 is 11.9 Å². The van der Waals surface area contributed by atoms with Crippen molar-refractivity contribution in [2.24, 2.45) is 5.92 Å². The molecule has 1 aromatic rings. The van der Waals surface area contributed by atoms with Crippen molar-refractivity contribution in [1.29, 1.82) is 0 Å². The van der Waals surface area contributed by atoms with Crippen LogP contribution in [0.15, 0.2) is 36.4 Å². The number of allylic oxidation sites excluding steroid dienone is 1. The van der Waals surface area contributed by atoms with Crippen molar-refractivity contribution in [1.82, 2.24) is 5.32 Å². The lowest BCUT2D eigenvalue weighted by Crippen LogP contribution is -2.55. The molecule has 0 aliphatic carbocycles. The Bertz CT molecular complexity index is 1160. The number of unbranched alkanes of at least 4 members (excludes halogenated alkanes) is 8. The van der Waals surface area contributed by atoms with Crippen LogP contribution in [0.25, 0.3) is 0 Å². The molecule has 0 fully saturated rings. The molecule has 3 N–H and O–H groups in total. The molecule has 3 atom stereocenters. The van der Waals surface area contributed by atoms with E-state index < -0.39 is 54.4 Å². The molecule has 0 radical (unpaired) electrons. The maximum Gasteiger partial charge on any atom is 0.336 e. The van der Waals surface area contributed by atoms with Crippen LogP contribution in [0.4, 0.5) is 13.2 Å². The van der Waals surface area contributed by atoms with Gasteiger partial charge < -0.3 is 25.0 Å². The van der Waals surface area contributed by atoms with Crippen LogP contribution < -0.4 is 10.1 Å². The van der Waals surface area contributed by atoms with Crippen molar-refractivity contribution >= 4 is 17.8 Å². The van der Waals surface area contributed by atoms with Crippen LogP contribution in [0.1, 0.15) is 103 Å². The molecule has 0 aliphatic rings. The fraction of sp³-hybridized carbons (Fsp3) is 0.639. The van der Waals surface area contributed by atoms with Crippen molar-refractivity contribution in [2.45, 2.75) is 121 Å². The molecule has 0 heterocycles. The van der Waals surface area contributed by atoms with Gasteiger partial charge in [0.2, 0.25) is 11.8 Å². The van der Waals surface area contributed by atoms with Crippen molar-refractivity contribution in [3.8, 4) is 17.6 Å². The number of ether oxygens (including phenoxy) is 2. The zero-order chi connectivity index (χ0) is 35.1. The molecule has 8 nitrogen and oxygen atoms in total. The SMILES string of the molecule is CC#CCOc1ccc(C[C@H](NC(=O)[C@@H](/C=C/CCCCCCC(F)(F)CCCCCCC)[C@@](O)(CCF)C(=O)O)C(=O)OC)cc1. The first-order valence-electron chi connectivity index (χ1n) is 16.5. The predicted octanol–water partition coefficient (Wildman–Crippen LogP) is 6.97. The number of rotatable bonds is 25. The standard InChI is InChI=1S/C36H52F3NO7/c1-4-6-8-12-15-22-35(38,39)23-16-13-10-9-11-14-17-30(36(45,24-25-37)34(43)44)32(41)40-31(33(42)46-3)27-28-18-20-29(21-19-28)47-26-7-5-2/h14,17-21,30-31,45H,4,6,8-13,15-16,22-27H2,1-3H3,(H,40,41)(H,43,44)/b17-14+/t30-,31+,36+/m1/s1. The van der Waals surface area contributed by atoms with Gasteiger partial charge in [-0.1, -0.05) is 75.7 Å². The number of carboxylic acid groups (broad SMARTS) is 1. The van der Waals surface area contributed by atoms with E-state index >= 15 is 0 Å². The first-order chi connectivity index (χ1) is 22.4. The van der Waals surface area contributed by atoms with Crippen LogP contribution >= 0.6 is 0 Å². The summed E-state index contributed by atoms with van der Waals surface area (Å²) >= 11 is 0. The first kappa shape index (κ1) is 41.5. The number of amides is 1. The Morgan fingerprint density at radius 2 is 1.60 bits per heavy atom. The number of halogens is 3. The van der Waals surface area contributed by atoms with E-state index in [-0.39, 0.29) is 25.9 Å². The molecular formula is C36H52F3NO7. The van der Waals surface area contributed by atoms with E-state index in [9.17, 15) is 37.8 Å². The van der Waals surface area contributed by atoms with Gasteiger partial charge in [-0.05, 0) is 50.3 Å². The number of benzene rings is 1. The molecule has 264 valence electrons. The minimum absolute atomic E-state index is 0.0175. The van der Waals surface area contributed by atoms with Gasteiger partial charge in [-0.15, -0.1) is 5.92 Å². The van der Waals surface area contributed by atoms with Gasteiger partial charge in [0.15, 0.2) is 5.60 Å². The van der Waals surface area contributed by atoms with Crippen LogP contribution in [0.5, 0.6) is 5.75 Å². The molecule has 0 saturated carbocycles. The van der Waals surface area contributed by atoms with Gasteiger partial charge in [-0.2, -0.15) is 0 Å². The van der Waals surface area contributed by atoms with Gasteiger partial charge in [0.1, 0.15) is 18.4 Å². The first-order valence-corrected chi connectivity index (χ1v) is 16.5. The number of esters is 1. The van der Waals surface area contributed by atoms with Gasteiger partial charge in [0, 0.05) is 25.7 Å². The molecule has 0 bridgehead atoms. The third-order valence-corrected chi connectivity index (χ3v) is 7.93. The summed E-state index contributed by atoms with van der Waals surface area (Å²) in [7, 11) is 1.14. The predicted molar refractivity (Wildman–Crippen MR) is 175 cm³/mol. The van der Waals surface area contributed by atoms with E-state index in [2.05, 4.69) is 24.1 Å². The van der Waals surface area contributed by atoms with Crippen LogP contribution in [-0.2, 0) is 25.5 Å². The van der Waals surface area contributed by atoms with Crippen molar-refractivity contribution in [3.05, 3.63) is 42.0 Å². The number of aliphatic hydroxyl groups is 1. The molecule has 1 rings (SSSR count). The fourth-order valence-electron chi connectivity index (χ4n) is 5.09. The summed E-state index contributed by atoms with van der Waals surface area (Å²) in [5, 5.41) is 23.2. The Morgan fingerprint density at radius 3 is 2.15 bits per heavy atom. The minimum atomic E-state index is -2.78. The van der Waals surface area contributed by atoms with E-state index in [0.29, 0.717) is 49.8 Å². The second kappa shape index (κ2) is 22.9. The molecule has 0 spiro atoms. The minimum Gasteiger partial charge on any atom is -0.481 e. The third kappa shape index (κ3) is 16.2. The Labute approximate surface area is 277 Å². The van der Waals surface area contributed by atoms with Gasteiger partial charge in [0.05, 0.1) is 19.7 Å². The molecule has 47 heavy (non-hydrogen) atoms. The van der Waals surface area contributed by atoms with Crippen LogP contribution in [0.3, 0.4) is 0 Å². The maximum atomic E-state index is 14.1. The number of carboxylic acids is 1. The molecule has 0 saturated heterocycles. The summed E-state index contributed by atoms with van der Waals surface area (Å²) in [6.07, 6.45) is 8.59. The molecule has 0 aliphatic heterocycles. The topological polar surface area (TPSA) is 122 Å². The van der Waals surface area contributed by atoms with Crippen LogP contribution in [0.2, 0.25) is 0 Å². The van der Waals surface area contributed by atoms with Crippen molar-refractivity contribution < 1.29 is 47.2 Å². The lowest BCUT2D eigenvalue weighted by molar-refractivity contribution is -0.168. The number of hydrogen-bond donors (Lipinski definition) is 3. The third-order valence-electron chi connectivity index (χ3n) is 7.93. The Kier molecular flexibility index (Phi) is 20.2. The summed E-state index contributed by atoms with van der Waals surface area (Å²) < 4.78 is 52.0. The normalized spacial score (nSPS) is 14.0. The Balaban J connectivity index is 2.84. The van der Waals surface area contributed by atoms with Crippen LogP contribution in [0, 0.1) is 17.8 Å². The zero-order valence-electron chi connectivity index (χ0n) is 28.0. The van der Waals surface area contributed by atoms with E-state index in [0.717, 1.165) is 32.8 Å². The van der Waals surface area contributed by atoms with E-state index in [1.165, 1.54) is 12.2 Å². The summed E-state index contributed by atoms with van der Waals surface area (Å²) in [5.41, 5.74) is -2.15. The molecule has 1 amide bonds. The largest absolute Gasteiger partial charge is 0.481 e. The number of hydrogen-bond acceptors (Lipinski definition) is 6. The highest BCUT2D eigenvalue weighted by Gasteiger charge is 2.47. The summed E-state index contributed by atoms with van der Waals surface area (Å²) in [4.78, 5) is 38.0. The van der Waals surface area contributed by atoms with Gasteiger partial charge in [-0.25, -0.2) is 18.4 Å². The number of alkyl halides is 3. The quantitative estimate of drug-likeness (QED) is 0.0446. The monoisotopic (exact) mass is 667 g/mol. The van der Waals surface area contributed by atoms with Crippen molar-refractivity contribution in [2.75, 3.05) is 20.4 Å². The van der Waals surface area contributed by atoms with E-state index in [1.54, 1.807) is 31.2 Å². The Hall–Kier alpha value is -3.52. The smallest absolute Gasteiger partial charge is 0.336 e. The molecular weight excluding hydrogens is 615 g/mol. The van der Waals surface area contributed by atoms with E-state index in [1.807, 2.05) is 0 Å². The van der Waals surface area contributed by atoms with Crippen molar-refractivity contribution in [3.63, 3.8) is 0 Å². The average molecular weight is 668 g/mol. The molecule has 11 heteroatoms. The molecule has 0 unspecified atom stereocenters. The van der Waals surface area contributed by atoms with E-state index in [4.69, 9.17) is 9.47 Å². The zero-order valence-corrected chi connectivity index (χ0v) is 28.0. The number of methoxy groups -OCH3 is 1. The number of carbonyl (C=O) groups excluding carboxylic acids is 2. The molecule has 0 aromatic heterocycles. The maximum absolute atomic E-state index is 14.1. The Morgan fingerprint density at radius 1 is 0.979 bits per heavy atom. The highest BCUT2D eigenvalue weighted by atomic mass is 19.3. The number of aliphatic carboxylic acids is 1. The lowest BCUT2D eigenvalue weighted by Gasteiger charge is -2.30. The van der Waals surface area contributed by atoms with Gasteiger partial charge in [0.25, 0.3) is 0 Å².